The topological polar surface area (TPSA) is 79.5 Å². The van der Waals surface area contributed by atoms with Gasteiger partial charge in [-0.3, -0.25) is 9.59 Å². The highest BCUT2D eigenvalue weighted by Gasteiger charge is 2.10. The van der Waals surface area contributed by atoms with E-state index in [0.29, 0.717) is 28.0 Å². The lowest BCUT2D eigenvalue weighted by Gasteiger charge is -2.10. The Labute approximate surface area is 125 Å². The predicted octanol–water partition coefficient (Wildman–Crippen LogP) is 2.96. The van der Waals surface area contributed by atoms with Crippen LogP contribution >= 0.6 is 0 Å². The smallest absolute Gasteiger partial charge is 0.322 e. The van der Waals surface area contributed by atoms with Crippen LogP contribution in [0, 0.1) is 0 Å². The molecule has 22 heavy (non-hydrogen) atoms. The minimum atomic E-state index is -0.963. The molecule has 0 aliphatic rings. The van der Waals surface area contributed by atoms with Crippen molar-refractivity contribution in [2.75, 3.05) is 11.9 Å². The number of carbonyl (C=O) groups is 1. The summed E-state index contributed by atoms with van der Waals surface area (Å²) in [5.74, 6) is -0.563. The molecule has 3 rings (SSSR count). The summed E-state index contributed by atoms with van der Waals surface area (Å²) in [6.07, 6.45) is 0. The maximum absolute atomic E-state index is 12.2. The summed E-state index contributed by atoms with van der Waals surface area (Å²) in [4.78, 5) is 22.9. The van der Waals surface area contributed by atoms with Crippen LogP contribution in [-0.2, 0) is 4.79 Å². The van der Waals surface area contributed by atoms with Crippen molar-refractivity contribution in [3.63, 3.8) is 0 Å². The van der Waals surface area contributed by atoms with Crippen molar-refractivity contribution in [1.82, 2.24) is 0 Å². The Hall–Kier alpha value is -3.08. The van der Waals surface area contributed by atoms with E-state index in [-0.39, 0.29) is 12.0 Å². The van der Waals surface area contributed by atoms with Crippen molar-refractivity contribution in [2.24, 2.45) is 0 Å². The first-order valence-electron chi connectivity index (χ1n) is 6.73. The van der Waals surface area contributed by atoms with E-state index < -0.39 is 5.97 Å². The molecule has 0 saturated heterocycles. The monoisotopic (exact) mass is 295 g/mol. The normalized spacial score (nSPS) is 10.5. The van der Waals surface area contributed by atoms with Gasteiger partial charge in [0.15, 0.2) is 5.43 Å². The van der Waals surface area contributed by atoms with Crippen LogP contribution in [0.5, 0.6) is 0 Å². The number of anilines is 1. The van der Waals surface area contributed by atoms with Crippen molar-refractivity contribution >= 4 is 22.6 Å². The fourth-order valence-electron chi connectivity index (χ4n) is 2.26. The number of benzene rings is 2. The summed E-state index contributed by atoms with van der Waals surface area (Å²) in [7, 11) is 0. The number of para-hydroxylation sites is 2. The highest BCUT2D eigenvalue weighted by Crippen LogP contribution is 2.28. The van der Waals surface area contributed by atoms with Crippen LogP contribution in [0.3, 0.4) is 0 Å². The number of hydrogen-bond donors (Lipinski definition) is 2. The molecule has 0 radical (unpaired) electrons. The first-order valence-corrected chi connectivity index (χ1v) is 6.73. The molecule has 3 aromatic rings. The fraction of sp³-hybridized carbons (Fsp3) is 0.0588. The van der Waals surface area contributed by atoms with Gasteiger partial charge in [0.05, 0.1) is 5.39 Å². The summed E-state index contributed by atoms with van der Waals surface area (Å²) < 4.78 is 5.79. The van der Waals surface area contributed by atoms with Gasteiger partial charge in [0, 0.05) is 17.3 Å². The van der Waals surface area contributed by atoms with Gasteiger partial charge in [-0.1, -0.05) is 24.3 Å². The van der Waals surface area contributed by atoms with Gasteiger partial charge in [-0.05, 0) is 24.3 Å². The molecule has 2 aromatic carbocycles. The van der Waals surface area contributed by atoms with Crippen LogP contribution in [0.25, 0.3) is 22.3 Å². The first-order chi connectivity index (χ1) is 10.6. The highest BCUT2D eigenvalue weighted by molar-refractivity contribution is 5.82. The summed E-state index contributed by atoms with van der Waals surface area (Å²) in [5.41, 5.74) is 1.61. The first kappa shape index (κ1) is 13.9. The van der Waals surface area contributed by atoms with Gasteiger partial charge in [-0.2, -0.15) is 0 Å². The molecule has 0 atom stereocenters. The van der Waals surface area contributed by atoms with E-state index in [1.165, 1.54) is 6.07 Å². The Morgan fingerprint density at radius 3 is 2.64 bits per heavy atom. The van der Waals surface area contributed by atoms with Crippen molar-refractivity contribution in [1.29, 1.82) is 0 Å². The van der Waals surface area contributed by atoms with E-state index in [4.69, 9.17) is 9.52 Å². The van der Waals surface area contributed by atoms with Crippen LogP contribution in [0.1, 0.15) is 0 Å². The zero-order valence-corrected chi connectivity index (χ0v) is 11.6. The van der Waals surface area contributed by atoms with Crippen LogP contribution in [-0.4, -0.2) is 17.6 Å². The summed E-state index contributed by atoms with van der Waals surface area (Å²) in [6, 6.07) is 15.5. The summed E-state index contributed by atoms with van der Waals surface area (Å²) in [5, 5.41) is 12.1. The van der Waals surface area contributed by atoms with E-state index >= 15 is 0 Å². The van der Waals surface area contributed by atoms with Gasteiger partial charge in [0.2, 0.25) is 0 Å². The standard InChI is InChI=1S/C17H13NO4/c19-14-9-16(22-15-8-4-2-6-12(14)15)11-5-1-3-7-13(11)18-10-17(20)21/h1-9,18H,10H2,(H,20,21). The third-order valence-electron chi connectivity index (χ3n) is 3.26. The Bertz CT molecular complexity index is 898. The van der Waals surface area contributed by atoms with E-state index in [1.54, 1.807) is 48.5 Å². The summed E-state index contributed by atoms with van der Waals surface area (Å²) in [6.45, 7) is -0.213. The summed E-state index contributed by atoms with van der Waals surface area (Å²) >= 11 is 0. The molecule has 0 saturated carbocycles. The maximum atomic E-state index is 12.2. The second kappa shape index (κ2) is 5.73. The Kier molecular flexibility index (Phi) is 3.62. The molecule has 1 heterocycles. The van der Waals surface area contributed by atoms with Gasteiger partial charge >= 0.3 is 5.97 Å². The fourth-order valence-corrected chi connectivity index (χ4v) is 2.26. The van der Waals surface area contributed by atoms with E-state index in [2.05, 4.69) is 5.32 Å². The van der Waals surface area contributed by atoms with Crippen LogP contribution in [0.15, 0.2) is 63.8 Å². The maximum Gasteiger partial charge on any atom is 0.322 e. The van der Waals surface area contributed by atoms with Gasteiger partial charge in [0.1, 0.15) is 17.9 Å². The second-order valence-electron chi connectivity index (χ2n) is 4.76. The molecule has 0 aliphatic heterocycles. The molecule has 0 spiro atoms. The number of rotatable bonds is 4. The molecule has 0 aliphatic carbocycles. The Balaban J connectivity index is 2.11. The zero-order chi connectivity index (χ0) is 15.5. The lowest BCUT2D eigenvalue weighted by molar-refractivity contribution is -0.134. The van der Waals surface area contributed by atoms with Crippen LogP contribution in [0.4, 0.5) is 5.69 Å². The van der Waals surface area contributed by atoms with Gasteiger partial charge in [0.25, 0.3) is 0 Å². The molecule has 1 aromatic heterocycles. The molecule has 2 N–H and O–H groups in total. The van der Waals surface area contributed by atoms with Crippen LogP contribution < -0.4 is 10.7 Å². The van der Waals surface area contributed by atoms with Crippen molar-refractivity contribution in [2.45, 2.75) is 0 Å². The average molecular weight is 295 g/mol. The minimum absolute atomic E-state index is 0.134. The molecule has 0 bridgehead atoms. The number of carboxylic acid groups (broad SMARTS) is 1. The van der Waals surface area contributed by atoms with Gasteiger partial charge in [-0.25, -0.2) is 0 Å². The van der Waals surface area contributed by atoms with E-state index in [0.717, 1.165) is 0 Å². The van der Waals surface area contributed by atoms with Crippen molar-refractivity contribution < 1.29 is 14.3 Å². The molecular weight excluding hydrogens is 282 g/mol. The van der Waals surface area contributed by atoms with Gasteiger partial charge < -0.3 is 14.8 Å². The predicted molar refractivity (Wildman–Crippen MR) is 84.0 cm³/mol. The molecular formula is C17H13NO4. The second-order valence-corrected chi connectivity index (χ2v) is 4.76. The molecule has 5 nitrogen and oxygen atoms in total. The largest absolute Gasteiger partial charge is 0.480 e. The highest BCUT2D eigenvalue weighted by atomic mass is 16.4. The van der Waals surface area contributed by atoms with Gasteiger partial charge in [-0.15, -0.1) is 0 Å². The number of hydrogen-bond acceptors (Lipinski definition) is 4. The SMILES string of the molecule is O=C(O)CNc1ccccc1-c1cc(=O)c2ccccc2o1. The molecule has 0 amide bonds. The van der Waals surface area contributed by atoms with Crippen molar-refractivity contribution in [3.8, 4) is 11.3 Å². The molecule has 0 fully saturated rings. The lowest BCUT2D eigenvalue weighted by atomic mass is 10.1. The average Bonchev–Trinajstić information content (AvgIpc) is 2.53. The van der Waals surface area contributed by atoms with E-state index in [1.807, 2.05) is 0 Å². The van der Waals surface area contributed by atoms with Crippen LogP contribution in [0.2, 0.25) is 0 Å². The Morgan fingerprint density at radius 1 is 1.09 bits per heavy atom. The molecule has 0 unspecified atom stereocenters. The third kappa shape index (κ3) is 2.69. The number of fused-ring (bicyclic) bond motifs is 1. The third-order valence-corrected chi connectivity index (χ3v) is 3.26. The number of aliphatic carboxylic acids is 1. The Morgan fingerprint density at radius 2 is 1.82 bits per heavy atom. The van der Waals surface area contributed by atoms with Crippen molar-refractivity contribution in [3.05, 3.63) is 64.8 Å². The quantitative estimate of drug-likeness (QED) is 0.773. The minimum Gasteiger partial charge on any atom is -0.480 e. The number of carboxylic acids is 1. The van der Waals surface area contributed by atoms with E-state index in [9.17, 15) is 9.59 Å². The number of nitrogens with one attached hydrogen (secondary N) is 1. The molecule has 110 valence electrons. The molecule has 5 heteroatoms. The lowest BCUT2D eigenvalue weighted by Crippen LogP contribution is -2.13. The zero-order valence-electron chi connectivity index (χ0n) is 11.6.